The molecule has 2 aliphatic carbocycles. The van der Waals surface area contributed by atoms with Gasteiger partial charge in [0.15, 0.2) is 0 Å². The highest BCUT2D eigenvalue weighted by molar-refractivity contribution is 5.93. The van der Waals surface area contributed by atoms with E-state index in [2.05, 4.69) is 22.2 Å². The van der Waals surface area contributed by atoms with Gasteiger partial charge in [0.05, 0.1) is 18.1 Å². The first kappa shape index (κ1) is 19.7. The van der Waals surface area contributed by atoms with Gasteiger partial charge in [-0.1, -0.05) is 0 Å². The number of aromatic amines is 1. The van der Waals surface area contributed by atoms with Gasteiger partial charge in [-0.3, -0.25) is 9.89 Å². The number of benzene rings is 1. The van der Waals surface area contributed by atoms with Crippen LogP contribution < -0.4 is 15.2 Å². The first-order valence-corrected chi connectivity index (χ1v) is 11.2. The van der Waals surface area contributed by atoms with Gasteiger partial charge >= 0.3 is 0 Å². The standard InChI is InChI=1S/C23H25F2N5O2/c1-22(8-9-22)32-15-5-6-17-16(11-15)20(27-26-17)18-12-19(21(31)30(28-18)14-3-4-14)29-10-2-7-23(24,25)13-29/h5-6,11-12,14H,2-4,7-10,13H2,1H3,(H,26,27). The second-order valence-electron chi connectivity index (χ2n) is 9.61. The lowest BCUT2D eigenvalue weighted by molar-refractivity contribution is -0.0117. The SMILES string of the molecule is CC1(Oc2ccc3[nH]nc(-c4cc(N5CCCC(F)(F)C5)c(=O)n(C5CC5)n4)c3c2)CC1. The maximum Gasteiger partial charge on any atom is 0.290 e. The highest BCUT2D eigenvalue weighted by Gasteiger charge is 2.40. The zero-order chi connectivity index (χ0) is 22.1. The molecule has 168 valence electrons. The summed E-state index contributed by atoms with van der Waals surface area (Å²) in [5.74, 6) is -2.05. The van der Waals surface area contributed by atoms with Crippen LogP contribution in [-0.2, 0) is 0 Å². The summed E-state index contributed by atoms with van der Waals surface area (Å²) in [4.78, 5) is 14.6. The Bertz CT molecular complexity index is 1260. The monoisotopic (exact) mass is 441 g/mol. The number of anilines is 1. The second kappa shape index (κ2) is 6.76. The Morgan fingerprint density at radius 3 is 2.72 bits per heavy atom. The Morgan fingerprint density at radius 2 is 2.00 bits per heavy atom. The minimum Gasteiger partial charge on any atom is -0.488 e. The number of alkyl halides is 2. The molecule has 0 spiro atoms. The van der Waals surface area contributed by atoms with Crippen LogP contribution in [0.5, 0.6) is 5.75 Å². The molecule has 2 aromatic heterocycles. The average Bonchev–Trinajstić information content (AvgIpc) is 3.67. The fourth-order valence-corrected chi connectivity index (χ4v) is 4.39. The van der Waals surface area contributed by atoms with Crippen LogP contribution in [0.15, 0.2) is 29.1 Å². The number of aromatic nitrogens is 4. The van der Waals surface area contributed by atoms with Gasteiger partial charge < -0.3 is 9.64 Å². The van der Waals surface area contributed by atoms with Gasteiger partial charge in [-0.2, -0.15) is 10.2 Å². The third-order valence-electron chi connectivity index (χ3n) is 6.64. The number of ether oxygens (including phenoxy) is 1. The summed E-state index contributed by atoms with van der Waals surface area (Å²) >= 11 is 0. The zero-order valence-electron chi connectivity index (χ0n) is 17.9. The van der Waals surface area contributed by atoms with E-state index in [1.807, 2.05) is 18.2 Å². The highest BCUT2D eigenvalue weighted by Crippen LogP contribution is 2.41. The summed E-state index contributed by atoms with van der Waals surface area (Å²) in [6.45, 7) is 2.06. The van der Waals surface area contributed by atoms with Crippen molar-refractivity contribution in [2.45, 2.75) is 63.0 Å². The summed E-state index contributed by atoms with van der Waals surface area (Å²) in [5.41, 5.74) is 1.77. The molecular formula is C23H25F2N5O2. The molecule has 3 heterocycles. The van der Waals surface area contributed by atoms with E-state index in [1.54, 1.807) is 6.07 Å². The predicted octanol–water partition coefficient (Wildman–Crippen LogP) is 4.29. The molecule has 0 atom stereocenters. The molecule has 1 saturated heterocycles. The van der Waals surface area contributed by atoms with E-state index in [0.29, 0.717) is 24.4 Å². The first-order chi connectivity index (χ1) is 15.3. The number of H-pyrrole nitrogens is 1. The number of halogens is 2. The number of nitrogens with zero attached hydrogens (tertiary/aromatic N) is 4. The van der Waals surface area contributed by atoms with E-state index in [0.717, 1.165) is 42.3 Å². The van der Waals surface area contributed by atoms with Crippen LogP contribution in [0.3, 0.4) is 0 Å². The van der Waals surface area contributed by atoms with E-state index in [1.165, 1.54) is 9.58 Å². The van der Waals surface area contributed by atoms with Crippen molar-refractivity contribution in [2.75, 3.05) is 18.0 Å². The number of hydrogen-bond acceptors (Lipinski definition) is 5. The van der Waals surface area contributed by atoms with Crippen molar-refractivity contribution in [2.24, 2.45) is 0 Å². The van der Waals surface area contributed by atoms with Gasteiger partial charge in [-0.05, 0) is 63.3 Å². The Kier molecular flexibility index (Phi) is 4.16. The summed E-state index contributed by atoms with van der Waals surface area (Å²) in [6.07, 6.45) is 3.98. The number of fused-ring (bicyclic) bond motifs is 1. The van der Waals surface area contributed by atoms with Gasteiger partial charge in [-0.25, -0.2) is 13.5 Å². The van der Waals surface area contributed by atoms with Crippen molar-refractivity contribution in [3.05, 3.63) is 34.6 Å². The molecule has 3 aliphatic rings. The van der Waals surface area contributed by atoms with Crippen molar-refractivity contribution in [1.82, 2.24) is 20.0 Å². The molecule has 3 aromatic rings. The Hall–Kier alpha value is -2.97. The fourth-order valence-electron chi connectivity index (χ4n) is 4.39. The molecule has 32 heavy (non-hydrogen) atoms. The number of hydrogen-bond donors (Lipinski definition) is 1. The fraction of sp³-hybridized carbons (Fsp3) is 0.522. The third-order valence-corrected chi connectivity index (χ3v) is 6.64. The lowest BCUT2D eigenvalue weighted by Crippen LogP contribution is -2.45. The molecule has 9 heteroatoms. The second-order valence-corrected chi connectivity index (χ2v) is 9.61. The molecule has 7 nitrogen and oxygen atoms in total. The van der Waals surface area contributed by atoms with E-state index >= 15 is 0 Å². The summed E-state index contributed by atoms with van der Waals surface area (Å²) in [6, 6.07) is 7.39. The molecule has 6 rings (SSSR count). The van der Waals surface area contributed by atoms with Gasteiger partial charge in [-0.15, -0.1) is 0 Å². The average molecular weight is 441 g/mol. The van der Waals surface area contributed by atoms with Crippen LogP contribution in [0.4, 0.5) is 14.5 Å². The molecule has 0 unspecified atom stereocenters. The van der Waals surface area contributed by atoms with E-state index in [9.17, 15) is 13.6 Å². The highest BCUT2D eigenvalue weighted by atomic mass is 19.3. The van der Waals surface area contributed by atoms with E-state index in [-0.39, 0.29) is 29.3 Å². The van der Waals surface area contributed by atoms with E-state index in [4.69, 9.17) is 4.74 Å². The molecule has 1 N–H and O–H groups in total. The minimum atomic E-state index is -2.80. The number of rotatable bonds is 5. The normalized spacial score (nSPS) is 21.7. The quantitative estimate of drug-likeness (QED) is 0.639. The van der Waals surface area contributed by atoms with Crippen LogP contribution in [0, 0.1) is 0 Å². The largest absolute Gasteiger partial charge is 0.488 e. The minimum absolute atomic E-state index is 0.0189. The lowest BCUT2D eigenvalue weighted by Gasteiger charge is -2.33. The molecule has 0 bridgehead atoms. The maximum absolute atomic E-state index is 14.1. The van der Waals surface area contributed by atoms with Crippen molar-refractivity contribution in [3.8, 4) is 17.1 Å². The van der Waals surface area contributed by atoms with Crippen molar-refractivity contribution < 1.29 is 13.5 Å². The third kappa shape index (κ3) is 3.53. The Morgan fingerprint density at radius 1 is 1.19 bits per heavy atom. The molecule has 2 saturated carbocycles. The molecule has 1 aliphatic heterocycles. The lowest BCUT2D eigenvalue weighted by atomic mass is 10.1. The topological polar surface area (TPSA) is 76.0 Å². The molecular weight excluding hydrogens is 416 g/mol. The summed E-state index contributed by atoms with van der Waals surface area (Å²) < 4.78 is 35.8. The molecule has 1 aromatic carbocycles. The smallest absolute Gasteiger partial charge is 0.290 e. The van der Waals surface area contributed by atoms with Gasteiger partial charge in [0.25, 0.3) is 11.5 Å². The number of piperidine rings is 1. The van der Waals surface area contributed by atoms with Crippen LogP contribution in [0.1, 0.15) is 51.5 Å². The van der Waals surface area contributed by atoms with Crippen LogP contribution in [0.25, 0.3) is 22.3 Å². The van der Waals surface area contributed by atoms with Crippen molar-refractivity contribution in [1.29, 1.82) is 0 Å². The van der Waals surface area contributed by atoms with Gasteiger partial charge in [0.2, 0.25) is 0 Å². The van der Waals surface area contributed by atoms with Crippen molar-refractivity contribution in [3.63, 3.8) is 0 Å². The van der Waals surface area contributed by atoms with Crippen LogP contribution >= 0.6 is 0 Å². The zero-order valence-corrected chi connectivity index (χ0v) is 17.9. The first-order valence-electron chi connectivity index (χ1n) is 11.2. The van der Waals surface area contributed by atoms with Gasteiger partial charge in [0, 0.05) is 18.4 Å². The number of nitrogens with one attached hydrogen (secondary N) is 1. The van der Waals surface area contributed by atoms with Crippen LogP contribution in [-0.4, -0.2) is 44.6 Å². The maximum atomic E-state index is 14.1. The Labute approximate surface area is 183 Å². The van der Waals surface area contributed by atoms with Crippen LogP contribution in [0.2, 0.25) is 0 Å². The van der Waals surface area contributed by atoms with Gasteiger partial charge in [0.1, 0.15) is 28.4 Å². The summed E-state index contributed by atoms with van der Waals surface area (Å²) in [7, 11) is 0. The molecule has 3 fully saturated rings. The van der Waals surface area contributed by atoms with Crippen molar-refractivity contribution >= 4 is 16.6 Å². The summed E-state index contributed by atoms with van der Waals surface area (Å²) in [5, 5.41) is 12.9. The molecule has 0 radical (unpaired) electrons. The Balaban J connectivity index is 1.45. The predicted molar refractivity (Wildman–Crippen MR) is 117 cm³/mol. The molecule has 0 amide bonds. The van der Waals surface area contributed by atoms with E-state index < -0.39 is 12.5 Å².